The molecule has 1 aliphatic heterocycles. The standard InChI is InChI=1S/C22H17N4/c1-24-20-18-13-23-12-11-19(18)26(16-8-3-2-4-9-16)22(20)25-14-15-7-5-6-10-17(15)21(24)25/h2-13H,14H2,1H3/q+1/i1D3. The van der Waals surface area contributed by atoms with Gasteiger partial charge >= 0.3 is 0 Å². The van der Waals surface area contributed by atoms with Gasteiger partial charge in [0.1, 0.15) is 11.2 Å². The summed E-state index contributed by atoms with van der Waals surface area (Å²) in [5, 5.41) is 0.835. The molecule has 0 saturated heterocycles. The fourth-order valence-electron chi connectivity index (χ4n) is 4.20. The maximum atomic E-state index is 8.32. The summed E-state index contributed by atoms with van der Waals surface area (Å²) in [4.78, 5) is 4.30. The van der Waals surface area contributed by atoms with Crippen LogP contribution in [0.5, 0.6) is 0 Å². The van der Waals surface area contributed by atoms with E-state index in [4.69, 9.17) is 4.11 Å². The fraction of sp³-hybridized carbons (Fsp3) is 0.0909. The van der Waals surface area contributed by atoms with Gasteiger partial charge in [0.25, 0.3) is 5.65 Å². The van der Waals surface area contributed by atoms with E-state index in [2.05, 4.69) is 20.2 Å². The highest BCUT2D eigenvalue weighted by Crippen LogP contribution is 2.36. The Hall–Kier alpha value is -3.40. The average molecular weight is 340 g/mol. The van der Waals surface area contributed by atoms with Gasteiger partial charge in [-0.15, -0.1) is 0 Å². The van der Waals surface area contributed by atoms with Crippen LogP contribution in [0.1, 0.15) is 9.68 Å². The van der Waals surface area contributed by atoms with Crippen molar-refractivity contribution in [2.45, 2.75) is 6.54 Å². The zero-order chi connectivity index (χ0) is 19.8. The highest BCUT2D eigenvalue weighted by atomic mass is 15.2. The SMILES string of the molecule is [2H]C([2H])([2H])n1c2[n+](c3c1c1cnccc1n3-c1ccccc1)Cc1ccccc1-2. The molecule has 0 bridgehead atoms. The van der Waals surface area contributed by atoms with E-state index in [1.165, 1.54) is 4.57 Å². The van der Waals surface area contributed by atoms with Crippen molar-refractivity contribution in [2.24, 2.45) is 6.98 Å². The highest BCUT2D eigenvalue weighted by Gasteiger charge is 2.35. The number of pyridine rings is 1. The molecule has 0 fully saturated rings. The molecule has 0 N–H and O–H groups in total. The lowest BCUT2D eigenvalue weighted by atomic mass is 10.1. The number of imidazole rings is 1. The molecule has 4 nitrogen and oxygen atoms in total. The normalized spacial score (nSPS) is 14.8. The van der Waals surface area contributed by atoms with Gasteiger partial charge in [0.2, 0.25) is 5.82 Å². The van der Waals surface area contributed by atoms with Gasteiger partial charge in [0.15, 0.2) is 5.52 Å². The van der Waals surface area contributed by atoms with Crippen molar-refractivity contribution in [3.05, 3.63) is 78.6 Å². The Bertz CT molecular complexity index is 1410. The van der Waals surface area contributed by atoms with Crippen LogP contribution in [0.15, 0.2) is 73.1 Å². The minimum Gasteiger partial charge on any atom is -0.264 e. The summed E-state index contributed by atoms with van der Waals surface area (Å²) in [7, 11) is 0. The minimum absolute atomic E-state index is 0.641. The summed E-state index contributed by atoms with van der Waals surface area (Å²) in [5.74, 6) is 0.723. The predicted octanol–water partition coefficient (Wildman–Crippen LogP) is 3.83. The van der Waals surface area contributed by atoms with E-state index in [9.17, 15) is 0 Å². The van der Waals surface area contributed by atoms with E-state index in [0.29, 0.717) is 12.1 Å². The van der Waals surface area contributed by atoms with Crippen LogP contribution in [0.25, 0.3) is 39.1 Å². The van der Waals surface area contributed by atoms with E-state index in [1.807, 2.05) is 54.6 Å². The lowest BCUT2D eigenvalue weighted by Crippen LogP contribution is -2.33. The first-order valence-electron chi connectivity index (χ1n) is 10.1. The zero-order valence-electron chi connectivity index (χ0n) is 16.9. The Morgan fingerprint density at radius 1 is 1.04 bits per heavy atom. The van der Waals surface area contributed by atoms with Crippen LogP contribution in [0.2, 0.25) is 0 Å². The molecule has 6 rings (SSSR count). The maximum absolute atomic E-state index is 8.32. The Morgan fingerprint density at radius 2 is 1.88 bits per heavy atom. The van der Waals surface area contributed by atoms with Crippen molar-refractivity contribution < 1.29 is 8.68 Å². The van der Waals surface area contributed by atoms with E-state index >= 15 is 0 Å². The van der Waals surface area contributed by atoms with Crippen LogP contribution in [0, 0.1) is 0 Å². The van der Waals surface area contributed by atoms with Crippen molar-refractivity contribution >= 4 is 22.1 Å². The summed E-state index contributed by atoms with van der Waals surface area (Å²) < 4.78 is 30.8. The quantitative estimate of drug-likeness (QED) is 0.418. The van der Waals surface area contributed by atoms with Crippen molar-refractivity contribution in [2.75, 3.05) is 0 Å². The van der Waals surface area contributed by atoms with Crippen LogP contribution in [-0.4, -0.2) is 14.1 Å². The molecular weight excluding hydrogens is 320 g/mol. The van der Waals surface area contributed by atoms with Crippen molar-refractivity contribution in [3.8, 4) is 17.1 Å². The molecule has 1 aliphatic rings. The molecule has 0 spiro atoms. The van der Waals surface area contributed by atoms with Crippen molar-refractivity contribution in [1.29, 1.82) is 0 Å². The molecule has 5 aromatic rings. The molecule has 0 amide bonds. The molecule has 0 saturated carbocycles. The number of fused-ring (bicyclic) bond motifs is 7. The van der Waals surface area contributed by atoms with Crippen molar-refractivity contribution in [1.82, 2.24) is 14.1 Å². The number of aryl methyl sites for hydroxylation is 1. The van der Waals surface area contributed by atoms with Crippen LogP contribution < -0.4 is 4.57 Å². The van der Waals surface area contributed by atoms with Gasteiger partial charge < -0.3 is 0 Å². The van der Waals surface area contributed by atoms with E-state index < -0.39 is 6.98 Å². The molecule has 2 aromatic carbocycles. The van der Waals surface area contributed by atoms with E-state index in [1.54, 1.807) is 12.4 Å². The Labute approximate surface area is 154 Å². The molecule has 26 heavy (non-hydrogen) atoms. The number of para-hydroxylation sites is 1. The van der Waals surface area contributed by atoms with Crippen LogP contribution in [0.4, 0.5) is 0 Å². The van der Waals surface area contributed by atoms with Crippen LogP contribution in [-0.2, 0) is 13.5 Å². The number of benzene rings is 2. The fourth-order valence-corrected chi connectivity index (χ4v) is 4.20. The number of rotatable bonds is 1. The third-order valence-electron chi connectivity index (χ3n) is 5.27. The molecule has 4 heterocycles. The first-order valence-corrected chi connectivity index (χ1v) is 8.62. The van der Waals surface area contributed by atoms with E-state index in [-0.39, 0.29) is 0 Å². The largest absolute Gasteiger partial charge is 0.275 e. The highest BCUT2D eigenvalue weighted by molar-refractivity contribution is 6.05. The lowest BCUT2D eigenvalue weighted by Gasteiger charge is -2.03. The third kappa shape index (κ3) is 1.59. The van der Waals surface area contributed by atoms with Crippen LogP contribution in [0.3, 0.4) is 0 Å². The summed E-state index contributed by atoms with van der Waals surface area (Å²) in [6, 6.07) is 20.0. The van der Waals surface area contributed by atoms with Gasteiger partial charge in [-0.25, -0.2) is 9.13 Å². The number of hydrogen-bond acceptors (Lipinski definition) is 1. The molecule has 0 unspecified atom stereocenters. The Kier molecular flexibility index (Phi) is 2.09. The summed E-state index contributed by atoms with van der Waals surface area (Å²) in [5.41, 5.74) is 5.61. The summed E-state index contributed by atoms with van der Waals surface area (Å²) in [6.07, 6.45) is 3.51. The van der Waals surface area contributed by atoms with Crippen LogP contribution >= 0.6 is 0 Å². The smallest absolute Gasteiger partial charge is 0.264 e. The molecule has 0 atom stereocenters. The second-order valence-corrected chi connectivity index (χ2v) is 6.64. The lowest BCUT2D eigenvalue weighted by molar-refractivity contribution is -0.648. The summed E-state index contributed by atoms with van der Waals surface area (Å²) in [6.45, 7) is -1.68. The predicted molar refractivity (Wildman–Crippen MR) is 102 cm³/mol. The van der Waals surface area contributed by atoms with Gasteiger partial charge in [-0.1, -0.05) is 36.4 Å². The van der Waals surface area contributed by atoms with Gasteiger partial charge in [-0.05, 0) is 24.3 Å². The molecule has 0 radical (unpaired) electrons. The minimum atomic E-state index is -2.32. The maximum Gasteiger partial charge on any atom is 0.275 e. The van der Waals surface area contributed by atoms with Gasteiger partial charge in [0, 0.05) is 18.0 Å². The van der Waals surface area contributed by atoms with Crippen molar-refractivity contribution in [3.63, 3.8) is 0 Å². The number of aromatic nitrogens is 4. The summed E-state index contributed by atoms with van der Waals surface area (Å²) >= 11 is 0. The first kappa shape index (κ1) is 11.3. The zero-order valence-corrected chi connectivity index (χ0v) is 13.9. The first-order chi connectivity index (χ1) is 14.1. The monoisotopic (exact) mass is 340 g/mol. The van der Waals surface area contributed by atoms with E-state index in [0.717, 1.165) is 39.2 Å². The second kappa shape index (κ2) is 4.82. The molecule has 3 aromatic heterocycles. The van der Waals surface area contributed by atoms with Gasteiger partial charge in [-0.2, -0.15) is 0 Å². The van der Waals surface area contributed by atoms with Gasteiger partial charge in [-0.3, -0.25) is 9.55 Å². The number of nitrogens with zero attached hydrogens (tertiary/aromatic N) is 4. The average Bonchev–Trinajstić information content (AvgIpc) is 3.34. The topological polar surface area (TPSA) is 26.6 Å². The van der Waals surface area contributed by atoms with Gasteiger partial charge in [0.05, 0.1) is 28.6 Å². The second-order valence-electron chi connectivity index (χ2n) is 6.64. The molecular formula is C22H17N4+. The molecule has 0 aliphatic carbocycles. The molecule has 4 heteroatoms. The Morgan fingerprint density at radius 3 is 2.77 bits per heavy atom. The number of hydrogen-bond donors (Lipinski definition) is 0. The Balaban J connectivity index is 1.87. The third-order valence-corrected chi connectivity index (χ3v) is 5.27. The molecule has 124 valence electrons.